The van der Waals surface area contributed by atoms with Gasteiger partial charge in [0.2, 0.25) is 0 Å². The lowest BCUT2D eigenvalue weighted by Crippen LogP contribution is -2.43. The van der Waals surface area contributed by atoms with Gasteiger partial charge in [-0.3, -0.25) is 4.79 Å². The van der Waals surface area contributed by atoms with Crippen LogP contribution in [-0.4, -0.2) is 23.2 Å². The van der Waals surface area contributed by atoms with Crippen LogP contribution >= 0.6 is 11.6 Å². The summed E-state index contributed by atoms with van der Waals surface area (Å²) in [5, 5.41) is 13.3. The van der Waals surface area contributed by atoms with E-state index in [4.69, 9.17) is 11.6 Å². The first-order chi connectivity index (χ1) is 10.5. The summed E-state index contributed by atoms with van der Waals surface area (Å²) in [6.07, 6.45) is 1.00. The van der Waals surface area contributed by atoms with Gasteiger partial charge >= 0.3 is 0 Å². The number of carbonyl (C=O) groups excluding carboxylic acids is 1. The number of benzene rings is 2. The first kappa shape index (κ1) is 15.0. The van der Waals surface area contributed by atoms with Crippen molar-refractivity contribution in [3.05, 3.63) is 70.0 Å². The normalized spacial score (nSPS) is 15.4. The van der Waals surface area contributed by atoms with Gasteiger partial charge in [-0.1, -0.05) is 35.9 Å². The monoisotopic (exact) mass is 319 g/mol. The Kier molecular flexibility index (Phi) is 3.89. The topological polar surface area (TPSA) is 49.3 Å². The van der Waals surface area contributed by atoms with Crippen LogP contribution < -0.4 is 5.32 Å². The predicted molar refractivity (Wildman–Crippen MR) is 82.5 cm³/mol. The summed E-state index contributed by atoms with van der Waals surface area (Å²) < 4.78 is 13.0. The largest absolute Gasteiger partial charge is 0.387 e. The Labute approximate surface area is 132 Å². The minimum absolute atomic E-state index is 0.0548. The zero-order valence-corrected chi connectivity index (χ0v) is 12.5. The Morgan fingerprint density at radius 2 is 1.86 bits per heavy atom. The summed E-state index contributed by atoms with van der Waals surface area (Å²) in [7, 11) is 0. The Morgan fingerprint density at radius 3 is 2.45 bits per heavy atom. The highest BCUT2D eigenvalue weighted by atomic mass is 35.5. The molecule has 0 unspecified atom stereocenters. The SMILES string of the molecule is O=C(NCC1(O)Cc2ccccc2C1)c1ccc(F)cc1Cl. The number of amides is 1. The van der Waals surface area contributed by atoms with Crippen LogP contribution in [0.5, 0.6) is 0 Å². The first-order valence-corrected chi connectivity index (χ1v) is 7.37. The minimum atomic E-state index is -0.994. The predicted octanol–water partition coefficient (Wildman–Crippen LogP) is 2.74. The van der Waals surface area contributed by atoms with E-state index in [2.05, 4.69) is 5.32 Å². The minimum Gasteiger partial charge on any atom is -0.387 e. The van der Waals surface area contributed by atoms with Crippen LogP contribution in [-0.2, 0) is 12.8 Å². The molecule has 1 aliphatic rings. The molecule has 3 nitrogen and oxygen atoms in total. The Bertz CT molecular complexity index is 707. The second-order valence-corrected chi connectivity index (χ2v) is 6.06. The van der Waals surface area contributed by atoms with Gasteiger partial charge in [-0.2, -0.15) is 0 Å². The van der Waals surface area contributed by atoms with Crippen LogP contribution in [0.3, 0.4) is 0 Å². The van der Waals surface area contributed by atoms with Crippen molar-refractivity contribution in [3.8, 4) is 0 Å². The zero-order chi connectivity index (χ0) is 15.7. The molecule has 1 aliphatic carbocycles. The third-order valence-electron chi connectivity index (χ3n) is 3.91. The van der Waals surface area contributed by atoms with Gasteiger partial charge in [0.25, 0.3) is 5.91 Å². The molecule has 0 bridgehead atoms. The second kappa shape index (κ2) is 5.71. The van der Waals surface area contributed by atoms with Gasteiger partial charge in [0.1, 0.15) is 5.82 Å². The number of hydrogen-bond acceptors (Lipinski definition) is 2. The van der Waals surface area contributed by atoms with Gasteiger partial charge in [-0.15, -0.1) is 0 Å². The fourth-order valence-corrected chi connectivity index (χ4v) is 3.07. The van der Waals surface area contributed by atoms with Crippen molar-refractivity contribution in [2.75, 3.05) is 6.54 Å². The Balaban J connectivity index is 1.67. The fraction of sp³-hybridized carbons (Fsp3) is 0.235. The maximum atomic E-state index is 13.0. The molecule has 0 radical (unpaired) electrons. The van der Waals surface area contributed by atoms with E-state index in [0.717, 1.165) is 17.2 Å². The van der Waals surface area contributed by atoms with Crippen LogP contribution in [0.4, 0.5) is 4.39 Å². The molecule has 0 aliphatic heterocycles. The van der Waals surface area contributed by atoms with E-state index in [-0.39, 0.29) is 17.1 Å². The molecule has 1 amide bonds. The van der Waals surface area contributed by atoms with Crippen LogP contribution in [0, 0.1) is 5.82 Å². The van der Waals surface area contributed by atoms with Gasteiger partial charge in [0, 0.05) is 19.4 Å². The summed E-state index contributed by atoms with van der Waals surface area (Å²) >= 11 is 5.86. The molecule has 2 aromatic carbocycles. The first-order valence-electron chi connectivity index (χ1n) is 6.99. The number of halogens is 2. The molecule has 0 atom stereocenters. The van der Waals surface area contributed by atoms with E-state index in [1.165, 1.54) is 12.1 Å². The number of hydrogen-bond donors (Lipinski definition) is 2. The van der Waals surface area contributed by atoms with E-state index in [0.29, 0.717) is 12.8 Å². The van der Waals surface area contributed by atoms with Gasteiger partial charge < -0.3 is 10.4 Å². The summed E-state index contributed by atoms with van der Waals surface area (Å²) in [4.78, 5) is 12.1. The zero-order valence-electron chi connectivity index (χ0n) is 11.8. The fourth-order valence-electron chi connectivity index (χ4n) is 2.81. The van der Waals surface area contributed by atoms with Crippen molar-refractivity contribution >= 4 is 17.5 Å². The summed E-state index contributed by atoms with van der Waals surface area (Å²) in [6.45, 7) is 0.119. The molecule has 0 saturated carbocycles. The average molecular weight is 320 g/mol. The highest BCUT2D eigenvalue weighted by Crippen LogP contribution is 2.29. The quantitative estimate of drug-likeness (QED) is 0.914. The Hall–Kier alpha value is -1.91. The number of carbonyl (C=O) groups is 1. The van der Waals surface area contributed by atoms with Crippen LogP contribution in [0.25, 0.3) is 0 Å². The number of rotatable bonds is 3. The molecule has 0 fully saturated rings. The van der Waals surface area contributed by atoms with Crippen LogP contribution in [0.15, 0.2) is 42.5 Å². The van der Waals surface area contributed by atoms with Crippen molar-refractivity contribution < 1.29 is 14.3 Å². The standard InChI is InChI=1S/C17H15ClFNO2/c18-15-7-13(19)5-6-14(15)16(21)20-10-17(22)8-11-3-1-2-4-12(11)9-17/h1-7,22H,8-10H2,(H,20,21). The lowest BCUT2D eigenvalue weighted by atomic mass is 10.0. The molecule has 0 heterocycles. The lowest BCUT2D eigenvalue weighted by molar-refractivity contribution is 0.0480. The molecule has 2 aromatic rings. The van der Waals surface area contributed by atoms with Crippen molar-refractivity contribution in [1.82, 2.24) is 5.32 Å². The van der Waals surface area contributed by atoms with E-state index in [9.17, 15) is 14.3 Å². The third kappa shape index (κ3) is 2.98. The van der Waals surface area contributed by atoms with Gasteiger partial charge in [0.15, 0.2) is 0 Å². The molecular formula is C17H15ClFNO2. The molecule has 5 heteroatoms. The summed E-state index contributed by atoms with van der Waals surface area (Å²) in [6, 6.07) is 11.4. The summed E-state index contributed by atoms with van der Waals surface area (Å²) in [5.74, 6) is -0.916. The van der Waals surface area contributed by atoms with E-state index >= 15 is 0 Å². The molecule has 2 N–H and O–H groups in total. The molecule has 3 rings (SSSR count). The molecule has 0 saturated heterocycles. The van der Waals surface area contributed by atoms with Crippen LogP contribution in [0.1, 0.15) is 21.5 Å². The molecule has 0 spiro atoms. The van der Waals surface area contributed by atoms with Crippen LogP contribution in [0.2, 0.25) is 5.02 Å². The van der Waals surface area contributed by atoms with E-state index in [1.807, 2.05) is 24.3 Å². The lowest BCUT2D eigenvalue weighted by Gasteiger charge is -2.22. The summed E-state index contributed by atoms with van der Waals surface area (Å²) in [5.41, 5.74) is 1.39. The number of aliphatic hydroxyl groups is 1. The van der Waals surface area contributed by atoms with Crippen molar-refractivity contribution in [2.45, 2.75) is 18.4 Å². The average Bonchev–Trinajstić information content (AvgIpc) is 2.81. The maximum absolute atomic E-state index is 13.0. The molecule has 0 aromatic heterocycles. The van der Waals surface area contributed by atoms with E-state index < -0.39 is 17.3 Å². The maximum Gasteiger partial charge on any atom is 0.252 e. The van der Waals surface area contributed by atoms with Gasteiger partial charge in [0.05, 0.1) is 16.2 Å². The molecule has 22 heavy (non-hydrogen) atoms. The van der Waals surface area contributed by atoms with E-state index in [1.54, 1.807) is 0 Å². The van der Waals surface area contributed by atoms with Crippen molar-refractivity contribution in [2.24, 2.45) is 0 Å². The van der Waals surface area contributed by atoms with Crippen molar-refractivity contribution in [3.63, 3.8) is 0 Å². The highest BCUT2D eigenvalue weighted by Gasteiger charge is 2.35. The van der Waals surface area contributed by atoms with Gasteiger partial charge in [-0.05, 0) is 29.3 Å². The molecular weight excluding hydrogens is 305 g/mol. The number of nitrogens with one attached hydrogen (secondary N) is 1. The second-order valence-electron chi connectivity index (χ2n) is 5.65. The number of fused-ring (bicyclic) bond motifs is 1. The smallest absolute Gasteiger partial charge is 0.252 e. The third-order valence-corrected chi connectivity index (χ3v) is 4.22. The molecule has 114 valence electrons. The highest BCUT2D eigenvalue weighted by molar-refractivity contribution is 6.33. The van der Waals surface area contributed by atoms with Crippen molar-refractivity contribution in [1.29, 1.82) is 0 Å². The van der Waals surface area contributed by atoms with Gasteiger partial charge in [-0.25, -0.2) is 4.39 Å². The Morgan fingerprint density at radius 1 is 1.23 bits per heavy atom.